The quantitative estimate of drug-likeness (QED) is 0.575. The van der Waals surface area contributed by atoms with Crippen molar-refractivity contribution in [3.63, 3.8) is 0 Å². The van der Waals surface area contributed by atoms with Crippen LogP contribution in [-0.2, 0) is 4.79 Å². The van der Waals surface area contributed by atoms with E-state index in [9.17, 15) is 14.4 Å². The summed E-state index contributed by atoms with van der Waals surface area (Å²) in [4.78, 5) is 37.6. The first kappa shape index (κ1) is 12.8. The van der Waals surface area contributed by atoms with Crippen molar-refractivity contribution in [2.75, 3.05) is 12.3 Å². The van der Waals surface area contributed by atoms with E-state index in [0.29, 0.717) is 6.42 Å². The van der Waals surface area contributed by atoms with E-state index in [1.165, 1.54) is 6.07 Å². The number of hydrogen-bond donors (Lipinski definition) is 2. The van der Waals surface area contributed by atoms with E-state index < -0.39 is 23.8 Å². The second-order valence-electron chi connectivity index (χ2n) is 5.06. The molecule has 1 saturated heterocycles. The Kier molecular flexibility index (Phi) is 3.02. The lowest BCUT2D eigenvalue weighted by molar-refractivity contribution is -0.129. The van der Waals surface area contributed by atoms with Crippen LogP contribution in [0.2, 0.25) is 0 Å². The Hall–Kier alpha value is -2.21. The van der Waals surface area contributed by atoms with Crippen LogP contribution in [-0.4, -0.2) is 35.2 Å². The summed E-state index contributed by atoms with van der Waals surface area (Å²) in [7, 11) is 0. The first-order valence-corrected chi connectivity index (χ1v) is 6.66. The maximum atomic E-state index is 12.4. The number of imide groups is 3. The highest BCUT2D eigenvalue weighted by molar-refractivity contribution is 6.31. The summed E-state index contributed by atoms with van der Waals surface area (Å²) in [6.45, 7) is 0.724. The fraction of sp³-hybridized carbons (Fsp3) is 0.357. The van der Waals surface area contributed by atoms with Crippen LogP contribution in [0.1, 0.15) is 40.0 Å². The molecule has 0 spiro atoms. The van der Waals surface area contributed by atoms with E-state index in [1.54, 1.807) is 12.1 Å². The van der Waals surface area contributed by atoms with E-state index in [2.05, 4.69) is 5.32 Å². The fourth-order valence-corrected chi connectivity index (χ4v) is 2.73. The molecule has 20 heavy (non-hydrogen) atoms. The van der Waals surface area contributed by atoms with Gasteiger partial charge in [0.1, 0.15) is 0 Å². The van der Waals surface area contributed by atoms with Crippen molar-refractivity contribution in [3.05, 3.63) is 29.3 Å². The summed E-state index contributed by atoms with van der Waals surface area (Å²) in [6, 6.07) is 4.21. The van der Waals surface area contributed by atoms with Gasteiger partial charge in [0.2, 0.25) is 0 Å². The lowest BCUT2D eigenvalue weighted by Gasteiger charge is -2.25. The Bertz CT molecular complexity index is 606. The van der Waals surface area contributed by atoms with Crippen LogP contribution in [0, 0.1) is 0 Å². The maximum absolute atomic E-state index is 12.4. The zero-order valence-corrected chi connectivity index (χ0v) is 10.9. The van der Waals surface area contributed by atoms with Crippen molar-refractivity contribution < 1.29 is 14.4 Å². The molecule has 2 aliphatic heterocycles. The van der Waals surface area contributed by atoms with E-state index in [-0.39, 0.29) is 16.8 Å². The van der Waals surface area contributed by atoms with Gasteiger partial charge in [-0.05, 0) is 31.5 Å². The van der Waals surface area contributed by atoms with Gasteiger partial charge >= 0.3 is 0 Å². The lowest BCUT2D eigenvalue weighted by Crippen LogP contribution is -2.50. The van der Waals surface area contributed by atoms with Crippen molar-refractivity contribution in [3.8, 4) is 0 Å². The number of piperidine rings is 1. The number of benzene rings is 1. The number of fused-ring (bicyclic) bond motifs is 1. The van der Waals surface area contributed by atoms with E-state index in [1.807, 2.05) is 0 Å². The molecule has 0 aromatic heterocycles. The topological polar surface area (TPSA) is 92.5 Å². The number of nitrogen functional groups attached to an aromatic ring is 1. The van der Waals surface area contributed by atoms with Crippen LogP contribution in [0.25, 0.3) is 0 Å². The Morgan fingerprint density at radius 2 is 2.05 bits per heavy atom. The van der Waals surface area contributed by atoms with Crippen molar-refractivity contribution in [2.45, 2.75) is 25.3 Å². The summed E-state index contributed by atoms with van der Waals surface area (Å²) in [5.74, 6) is -1.66. The average molecular weight is 273 g/mol. The van der Waals surface area contributed by atoms with Gasteiger partial charge < -0.3 is 11.1 Å². The van der Waals surface area contributed by atoms with Crippen LogP contribution in [0.15, 0.2) is 18.2 Å². The third kappa shape index (κ3) is 1.80. The second kappa shape index (κ2) is 4.72. The molecule has 6 heteroatoms. The molecule has 1 aromatic carbocycles. The first-order valence-electron chi connectivity index (χ1n) is 6.66. The van der Waals surface area contributed by atoms with Gasteiger partial charge in [-0.1, -0.05) is 12.5 Å². The van der Waals surface area contributed by atoms with Crippen LogP contribution < -0.4 is 11.1 Å². The first-order chi connectivity index (χ1) is 9.61. The van der Waals surface area contributed by atoms with Crippen molar-refractivity contribution in [2.24, 2.45) is 0 Å². The average Bonchev–Trinajstić information content (AvgIpc) is 2.72. The molecule has 2 heterocycles. The highest BCUT2D eigenvalue weighted by Crippen LogP contribution is 2.28. The number of hydrogen-bond acceptors (Lipinski definition) is 5. The predicted molar refractivity (Wildman–Crippen MR) is 72.0 cm³/mol. The molecule has 6 nitrogen and oxygen atoms in total. The molecule has 104 valence electrons. The van der Waals surface area contributed by atoms with Gasteiger partial charge in [-0.15, -0.1) is 0 Å². The Morgan fingerprint density at radius 3 is 2.70 bits per heavy atom. The molecule has 1 atom stereocenters. The minimum Gasteiger partial charge on any atom is -0.398 e. The predicted octanol–water partition coefficient (Wildman–Crippen LogP) is 0.533. The summed E-state index contributed by atoms with van der Waals surface area (Å²) >= 11 is 0. The lowest BCUT2D eigenvalue weighted by atomic mass is 10.0. The van der Waals surface area contributed by atoms with E-state index in [4.69, 9.17) is 5.73 Å². The van der Waals surface area contributed by atoms with Crippen LogP contribution in [0.5, 0.6) is 0 Å². The number of carbonyl (C=O) groups is 3. The van der Waals surface area contributed by atoms with Gasteiger partial charge in [0.05, 0.1) is 17.2 Å². The zero-order chi connectivity index (χ0) is 14.3. The Labute approximate surface area is 115 Å². The largest absolute Gasteiger partial charge is 0.398 e. The summed E-state index contributed by atoms with van der Waals surface area (Å²) < 4.78 is 0. The molecular formula is C14H15N3O3. The van der Waals surface area contributed by atoms with Gasteiger partial charge in [0, 0.05) is 5.69 Å². The molecule has 0 radical (unpaired) electrons. The smallest absolute Gasteiger partial charge is 0.270 e. The van der Waals surface area contributed by atoms with Crippen LogP contribution in [0.4, 0.5) is 5.69 Å². The summed E-state index contributed by atoms with van der Waals surface area (Å²) in [5, 5.41) is 3.05. The molecule has 1 fully saturated rings. The number of nitrogens with zero attached hydrogens (tertiary/aromatic N) is 1. The normalized spacial score (nSPS) is 22.0. The third-order valence-electron chi connectivity index (χ3n) is 3.78. The van der Waals surface area contributed by atoms with Crippen LogP contribution in [0.3, 0.4) is 0 Å². The minimum atomic E-state index is -0.611. The minimum absolute atomic E-state index is 0.140. The Balaban J connectivity index is 1.93. The molecule has 3 amide bonds. The summed E-state index contributed by atoms with van der Waals surface area (Å²) in [6.07, 6.45) is 2.55. The molecule has 3 N–H and O–H groups in total. The molecule has 1 aromatic rings. The van der Waals surface area contributed by atoms with Crippen LogP contribution >= 0.6 is 0 Å². The molecule has 2 aliphatic rings. The molecule has 0 aliphatic carbocycles. The SMILES string of the molecule is Nc1cccc2c1C(=O)N(C(=O)[C@@H]1CCCCN1)C2=O. The van der Waals surface area contributed by atoms with E-state index >= 15 is 0 Å². The number of carbonyl (C=O) groups excluding carboxylic acids is 3. The number of amides is 3. The standard InChI is InChI=1S/C14H15N3O3/c15-9-5-3-4-8-11(9)14(20)17(12(8)18)13(19)10-6-1-2-7-16-10/h3-5,10,16H,1-2,6-7,15H2/t10-/m0/s1. The highest BCUT2D eigenvalue weighted by atomic mass is 16.2. The Morgan fingerprint density at radius 1 is 1.25 bits per heavy atom. The molecule has 0 saturated carbocycles. The van der Waals surface area contributed by atoms with Crippen molar-refractivity contribution in [1.29, 1.82) is 0 Å². The molecule has 3 rings (SSSR count). The number of nitrogens with one attached hydrogen (secondary N) is 1. The molecule has 0 unspecified atom stereocenters. The van der Waals surface area contributed by atoms with Gasteiger partial charge in [0.15, 0.2) is 0 Å². The fourth-order valence-electron chi connectivity index (χ4n) is 2.73. The van der Waals surface area contributed by atoms with Gasteiger partial charge in [-0.25, -0.2) is 4.90 Å². The monoisotopic (exact) mass is 273 g/mol. The number of nitrogens with two attached hydrogens (primary N) is 1. The molecular weight excluding hydrogens is 258 g/mol. The third-order valence-corrected chi connectivity index (χ3v) is 3.78. The van der Waals surface area contributed by atoms with Gasteiger partial charge in [-0.3, -0.25) is 14.4 Å². The van der Waals surface area contributed by atoms with Crippen molar-refractivity contribution >= 4 is 23.4 Å². The van der Waals surface area contributed by atoms with Gasteiger partial charge in [0.25, 0.3) is 17.7 Å². The number of rotatable bonds is 1. The number of anilines is 1. The highest BCUT2D eigenvalue weighted by Gasteiger charge is 2.43. The van der Waals surface area contributed by atoms with E-state index in [0.717, 1.165) is 24.3 Å². The molecule has 0 bridgehead atoms. The van der Waals surface area contributed by atoms with Gasteiger partial charge in [-0.2, -0.15) is 0 Å². The second-order valence-corrected chi connectivity index (χ2v) is 5.06. The maximum Gasteiger partial charge on any atom is 0.270 e. The zero-order valence-electron chi connectivity index (χ0n) is 10.9. The summed E-state index contributed by atoms with van der Waals surface area (Å²) in [5.41, 5.74) is 6.32. The van der Waals surface area contributed by atoms with Crippen molar-refractivity contribution in [1.82, 2.24) is 10.2 Å².